The number of likely N-dealkylation sites (tertiary alicyclic amines) is 1. The minimum atomic E-state index is 0.0895. The second kappa shape index (κ2) is 8.99. The van der Waals surface area contributed by atoms with Gasteiger partial charge in [-0.25, -0.2) is 0 Å². The van der Waals surface area contributed by atoms with Gasteiger partial charge in [0.1, 0.15) is 5.75 Å². The van der Waals surface area contributed by atoms with E-state index in [2.05, 4.69) is 34.5 Å². The van der Waals surface area contributed by atoms with Gasteiger partial charge in [0.2, 0.25) is 0 Å². The zero-order valence-electron chi connectivity index (χ0n) is 15.0. The number of hydrogen-bond acceptors (Lipinski definition) is 4. The van der Waals surface area contributed by atoms with Crippen molar-refractivity contribution in [1.82, 2.24) is 10.2 Å². The predicted octanol–water partition coefficient (Wildman–Crippen LogP) is 3.07. The maximum atomic E-state index is 9.23. The van der Waals surface area contributed by atoms with Crippen LogP contribution in [0.2, 0.25) is 0 Å². The molecule has 25 heavy (non-hydrogen) atoms. The molecule has 4 nitrogen and oxygen atoms in total. The lowest BCUT2D eigenvalue weighted by Crippen LogP contribution is -2.19. The third kappa shape index (κ3) is 5.05. The fourth-order valence-corrected chi connectivity index (χ4v) is 3.44. The van der Waals surface area contributed by atoms with Crippen LogP contribution in [0, 0.1) is 0 Å². The first kappa shape index (κ1) is 17.9. The van der Waals surface area contributed by atoms with Crippen molar-refractivity contribution in [2.24, 2.45) is 0 Å². The molecule has 1 heterocycles. The fourth-order valence-electron chi connectivity index (χ4n) is 3.44. The molecule has 0 atom stereocenters. The number of nitrogens with one attached hydrogen (secondary N) is 1. The summed E-state index contributed by atoms with van der Waals surface area (Å²) in [6.45, 7) is 5.04. The maximum absolute atomic E-state index is 9.23. The molecule has 0 bridgehead atoms. The van der Waals surface area contributed by atoms with Gasteiger partial charge in [-0.15, -0.1) is 0 Å². The standard InChI is InChI=1S/C21H28N2O2/c1-25-21-8-7-18(12-20(21)15-23-9-2-3-10-23)14-22-13-17-5-4-6-19(11-17)16-24/h4-8,11-12,22,24H,2-3,9-10,13-16H2,1H3. The molecule has 2 aromatic carbocycles. The van der Waals surface area contributed by atoms with Gasteiger partial charge in [-0.3, -0.25) is 4.90 Å². The highest BCUT2D eigenvalue weighted by atomic mass is 16.5. The summed E-state index contributed by atoms with van der Waals surface area (Å²) in [7, 11) is 1.74. The second-order valence-electron chi connectivity index (χ2n) is 6.71. The quantitative estimate of drug-likeness (QED) is 0.775. The van der Waals surface area contributed by atoms with Gasteiger partial charge in [0.05, 0.1) is 13.7 Å². The molecule has 1 fully saturated rings. The van der Waals surface area contributed by atoms with Crippen molar-refractivity contribution < 1.29 is 9.84 Å². The SMILES string of the molecule is COc1ccc(CNCc2cccc(CO)c2)cc1CN1CCCC1. The van der Waals surface area contributed by atoms with Crippen molar-refractivity contribution in [3.8, 4) is 5.75 Å². The zero-order valence-corrected chi connectivity index (χ0v) is 15.0. The van der Waals surface area contributed by atoms with Gasteiger partial charge in [0.15, 0.2) is 0 Å². The van der Waals surface area contributed by atoms with Gasteiger partial charge in [0.25, 0.3) is 0 Å². The van der Waals surface area contributed by atoms with Crippen LogP contribution in [0.4, 0.5) is 0 Å². The van der Waals surface area contributed by atoms with E-state index >= 15 is 0 Å². The molecular formula is C21H28N2O2. The molecular weight excluding hydrogens is 312 g/mol. The normalized spacial score (nSPS) is 14.8. The van der Waals surface area contributed by atoms with Crippen LogP contribution in [0.3, 0.4) is 0 Å². The van der Waals surface area contributed by atoms with Crippen LogP contribution in [0.1, 0.15) is 35.1 Å². The van der Waals surface area contributed by atoms with Crippen LogP contribution in [0.5, 0.6) is 5.75 Å². The lowest BCUT2D eigenvalue weighted by Gasteiger charge is -2.18. The Labute approximate surface area is 150 Å². The highest BCUT2D eigenvalue weighted by molar-refractivity contribution is 5.37. The summed E-state index contributed by atoms with van der Waals surface area (Å²) in [5, 5.41) is 12.7. The maximum Gasteiger partial charge on any atom is 0.123 e. The summed E-state index contributed by atoms with van der Waals surface area (Å²) in [5.41, 5.74) is 4.69. The Balaban J connectivity index is 1.59. The van der Waals surface area contributed by atoms with Gasteiger partial charge in [-0.05, 0) is 54.8 Å². The van der Waals surface area contributed by atoms with E-state index in [1.807, 2.05) is 18.2 Å². The summed E-state index contributed by atoms with van der Waals surface area (Å²) in [6, 6.07) is 14.5. The van der Waals surface area contributed by atoms with Crippen molar-refractivity contribution >= 4 is 0 Å². The van der Waals surface area contributed by atoms with Gasteiger partial charge < -0.3 is 15.2 Å². The highest BCUT2D eigenvalue weighted by Crippen LogP contribution is 2.23. The molecule has 0 amide bonds. The Hall–Kier alpha value is -1.88. The third-order valence-corrected chi connectivity index (χ3v) is 4.77. The summed E-state index contributed by atoms with van der Waals surface area (Å²) in [4.78, 5) is 2.50. The van der Waals surface area contributed by atoms with E-state index in [4.69, 9.17) is 4.74 Å². The molecule has 3 rings (SSSR count). The lowest BCUT2D eigenvalue weighted by molar-refractivity contribution is 0.281. The first-order valence-corrected chi connectivity index (χ1v) is 9.06. The molecule has 1 aliphatic heterocycles. The van der Waals surface area contributed by atoms with Crippen molar-refractivity contribution in [1.29, 1.82) is 0 Å². The Bertz CT molecular complexity index is 681. The van der Waals surface area contributed by atoms with Crippen LogP contribution in [-0.4, -0.2) is 30.2 Å². The van der Waals surface area contributed by atoms with Crippen LogP contribution in [-0.2, 0) is 26.2 Å². The molecule has 2 aromatic rings. The van der Waals surface area contributed by atoms with E-state index in [0.717, 1.165) is 30.9 Å². The molecule has 2 N–H and O–H groups in total. The Morgan fingerprint density at radius 3 is 2.44 bits per heavy atom. The number of aliphatic hydroxyl groups is 1. The number of ether oxygens (including phenoxy) is 1. The molecule has 0 aromatic heterocycles. The molecule has 0 radical (unpaired) electrons. The number of methoxy groups -OCH3 is 1. The smallest absolute Gasteiger partial charge is 0.123 e. The molecule has 0 spiro atoms. The molecule has 1 aliphatic rings. The Morgan fingerprint density at radius 1 is 1.00 bits per heavy atom. The zero-order chi connectivity index (χ0) is 17.5. The van der Waals surface area contributed by atoms with Crippen LogP contribution in [0.25, 0.3) is 0 Å². The molecule has 0 unspecified atom stereocenters. The van der Waals surface area contributed by atoms with E-state index in [9.17, 15) is 5.11 Å². The third-order valence-electron chi connectivity index (χ3n) is 4.77. The summed E-state index contributed by atoms with van der Waals surface area (Å²) >= 11 is 0. The number of hydrogen-bond donors (Lipinski definition) is 2. The topological polar surface area (TPSA) is 44.7 Å². The number of nitrogens with zero attached hydrogens (tertiary/aromatic N) is 1. The van der Waals surface area contributed by atoms with E-state index in [-0.39, 0.29) is 6.61 Å². The largest absolute Gasteiger partial charge is 0.496 e. The molecule has 0 aliphatic carbocycles. The molecule has 134 valence electrons. The summed E-state index contributed by atoms with van der Waals surface area (Å²) in [5.74, 6) is 0.978. The minimum Gasteiger partial charge on any atom is -0.496 e. The number of benzene rings is 2. The van der Waals surface area contributed by atoms with Crippen LogP contribution < -0.4 is 10.1 Å². The van der Waals surface area contributed by atoms with Gasteiger partial charge >= 0.3 is 0 Å². The van der Waals surface area contributed by atoms with Crippen molar-refractivity contribution in [3.05, 3.63) is 64.7 Å². The second-order valence-corrected chi connectivity index (χ2v) is 6.71. The highest BCUT2D eigenvalue weighted by Gasteiger charge is 2.14. The van der Waals surface area contributed by atoms with Crippen molar-refractivity contribution in [3.63, 3.8) is 0 Å². The van der Waals surface area contributed by atoms with Gasteiger partial charge in [-0.2, -0.15) is 0 Å². The average Bonchev–Trinajstić information content (AvgIpc) is 3.15. The fraction of sp³-hybridized carbons (Fsp3) is 0.429. The summed E-state index contributed by atoms with van der Waals surface area (Å²) < 4.78 is 5.54. The first-order chi connectivity index (χ1) is 12.3. The summed E-state index contributed by atoms with van der Waals surface area (Å²) in [6.07, 6.45) is 2.60. The van der Waals surface area contributed by atoms with Crippen LogP contribution >= 0.6 is 0 Å². The van der Waals surface area contributed by atoms with E-state index in [1.165, 1.54) is 42.6 Å². The lowest BCUT2D eigenvalue weighted by atomic mass is 10.1. The van der Waals surface area contributed by atoms with E-state index < -0.39 is 0 Å². The average molecular weight is 340 g/mol. The van der Waals surface area contributed by atoms with Crippen LogP contribution in [0.15, 0.2) is 42.5 Å². The molecule has 1 saturated heterocycles. The number of aliphatic hydroxyl groups excluding tert-OH is 1. The minimum absolute atomic E-state index is 0.0895. The van der Waals surface area contributed by atoms with E-state index in [1.54, 1.807) is 7.11 Å². The van der Waals surface area contributed by atoms with Crippen molar-refractivity contribution in [2.75, 3.05) is 20.2 Å². The monoisotopic (exact) mass is 340 g/mol. The first-order valence-electron chi connectivity index (χ1n) is 9.06. The Morgan fingerprint density at radius 2 is 1.72 bits per heavy atom. The Kier molecular flexibility index (Phi) is 6.45. The van der Waals surface area contributed by atoms with E-state index in [0.29, 0.717) is 0 Å². The van der Waals surface area contributed by atoms with Gasteiger partial charge in [-0.1, -0.05) is 30.3 Å². The number of rotatable bonds is 8. The molecule has 4 heteroatoms. The molecule has 0 saturated carbocycles. The van der Waals surface area contributed by atoms with Crippen molar-refractivity contribution in [2.45, 2.75) is 39.1 Å². The predicted molar refractivity (Wildman–Crippen MR) is 100 cm³/mol. The van der Waals surface area contributed by atoms with Gasteiger partial charge in [0, 0.05) is 25.2 Å².